The van der Waals surface area contributed by atoms with Crippen LogP contribution in [0.1, 0.15) is 51.8 Å². The second-order valence-electron chi connectivity index (χ2n) is 7.76. The largest absolute Gasteiger partial charge is 0.309 e. The van der Waals surface area contributed by atoms with Gasteiger partial charge in [0.05, 0.1) is 11.5 Å². The van der Waals surface area contributed by atoms with Gasteiger partial charge in [0.25, 0.3) is 0 Å². The quantitative estimate of drug-likeness (QED) is 0.526. The summed E-state index contributed by atoms with van der Waals surface area (Å²) in [5.41, 5.74) is 5.19. The molecule has 1 fully saturated rings. The molecule has 0 amide bonds. The highest BCUT2D eigenvalue weighted by Crippen LogP contribution is 2.30. The summed E-state index contributed by atoms with van der Waals surface area (Å²) < 4.78 is 25.3. The number of hydrogen-bond donors (Lipinski definition) is 0. The number of nitrogens with zero attached hydrogens (tertiary/aromatic N) is 3. The Kier molecular flexibility index (Phi) is 6.00. The van der Waals surface area contributed by atoms with Crippen molar-refractivity contribution >= 4 is 27.4 Å². The normalized spacial score (nSPS) is 18.5. The molecule has 28 heavy (non-hydrogen) atoms. The number of rotatable bonds is 6. The van der Waals surface area contributed by atoms with Crippen LogP contribution in [-0.2, 0) is 29.1 Å². The third kappa shape index (κ3) is 4.33. The molecule has 0 saturated carbocycles. The molecule has 1 aromatic carbocycles. The maximum absolute atomic E-state index is 12.0. The number of Topliss-reactive ketones (excluding diaryl/α,β-unsaturated/α-hetero) is 1. The van der Waals surface area contributed by atoms with Gasteiger partial charge in [-0.15, -0.1) is 10.2 Å². The van der Waals surface area contributed by atoms with Gasteiger partial charge in [-0.3, -0.25) is 4.79 Å². The molecule has 1 saturated heterocycles. The number of aryl methyl sites for hydroxylation is 2. The Morgan fingerprint density at radius 2 is 1.96 bits per heavy atom. The maximum atomic E-state index is 12.0. The number of carbonyl (C=O) groups is 1. The second-order valence-corrected chi connectivity index (χ2v) is 10.9. The van der Waals surface area contributed by atoms with Crippen LogP contribution in [0.5, 0.6) is 0 Å². The van der Waals surface area contributed by atoms with Crippen LogP contribution >= 0.6 is 11.8 Å². The monoisotopic (exact) mass is 421 g/mol. The molecule has 6 nitrogen and oxygen atoms in total. The van der Waals surface area contributed by atoms with Crippen molar-refractivity contribution in [2.75, 3.05) is 11.5 Å². The number of benzene rings is 1. The first-order valence-electron chi connectivity index (χ1n) is 9.41. The van der Waals surface area contributed by atoms with E-state index in [0.717, 1.165) is 33.2 Å². The number of hydrogen-bond acceptors (Lipinski definition) is 6. The van der Waals surface area contributed by atoms with Gasteiger partial charge in [0.1, 0.15) is 5.82 Å². The van der Waals surface area contributed by atoms with E-state index in [-0.39, 0.29) is 23.2 Å². The lowest BCUT2D eigenvalue weighted by molar-refractivity contribution is 0.101. The molecular weight excluding hydrogens is 394 g/mol. The van der Waals surface area contributed by atoms with E-state index < -0.39 is 9.84 Å². The number of carbonyl (C=O) groups excluding carboxylic acids is 1. The summed E-state index contributed by atoms with van der Waals surface area (Å²) in [5.74, 6) is 2.28. The van der Waals surface area contributed by atoms with Crippen LogP contribution in [-0.4, -0.2) is 40.5 Å². The van der Waals surface area contributed by atoms with E-state index in [1.165, 1.54) is 5.56 Å². The molecule has 1 aliphatic heterocycles. The van der Waals surface area contributed by atoms with Crippen molar-refractivity contribution in [3.8, 4) is 0 Å². The summed E-state index contributed by atoms with van der Waals surface area (Å²) >= 11 is 1.59. The molecular formula is C20H27N3O3S2. The molecule has 1 atom stereocenters. The zero-order valence-corrected chi connectivity index (χ0v) is 18.7. The van der Waals surface area contributed by atoms with E-state index >= 15 is 0 Å². The Morgan fingerprint density at radius 3 is 2.57 bits per heavy atom. The summed E-state index contributed by atoms with van der Waals surface area (Å²) in [6.07, 6.45) is 1.34. The molecule has 1 aliphatic rings. The van der Waals surface area contributed by atoms with Crippen LogP contribution in [0.4, 0.5) is 0 Å². The SMILES string of the molecule is CC(=O)c1c(C)cc(C)c(CSc2nnc(CC3CCS(=O)(=O)C3)n2C)c1C. The van der Waals surface area contributed by atoms with Crippen LogP contribution in [0, 0.1) is 26.7 Å². The predicted octanol–water partition coefficient (Wildman–Crippen LogP) is 3.21. The third-order valence-corrected chi connectivity index (χ3v) is 8.44. The second kappa shape index (κ2) is 7.99. The topological polar surface area (TPSA) is 81.9 Å². The van der Waals surface area contributed by atoms with Gasteiger partial charge in [-0.2, -0.15) is 0 Å². The van der Waals surface area contributed by atoms with Crippen LogP contribution in [0.15, 0.2) is 11.2 Å². The maximum Gasteiger partial charge on any atom is 0.191 e. The van der Waals surface area contributed by atoms with Crippen molar-refractivity contribution in [3.05, 3.63) is 39.7 Å². The molecule has 2 aromatic rings. The Balaban J connectivity index is 1.75. The smallest absolute Gasteiger partial charge is 0.191 e. The van der Waals surface area contributed by atoms with E-state index in [4.69, 9.17) is 0 Å². The number of sulfone groups is 1. The van der Waals surface area contributed by atoms with Crippen LogP contribution in [0.2, 0.25) is 0 Å². The molecule has 1 unspecified atom stereocenters. The Bertz CT molecular complexity index is 1030. The highest BCUT2D eigenvalue weighted by molar-refractivity contribution is 7.98. The minimum absolute atomic E-state index is 0.0914. The fourth-order valence-electron chi connectivity index (χ4n) is 4.07. The van der Waals surface area contributed by atoms with E-state index in [1.54, 1.807) is 18.7 Å². The molecule has 2 heterocycles. The van der Waals surface area contributed by atoms with Crippen LogP contribution < -0.4 is 0 Å². The predicted molar refractivity (Wildman–Crippen MR) is 112 cm³/mol. The molecule has 0 spiro atoms. The highest BCUT2D eigenvalue weighted by Gasteiger charge is 2.29. The summed E-state index contributed by atoms with van der Waals surface area (Å²) in [6, 6.07) is 2.07. The van der Waals surface area contributed by atoms with Gasteiger partial charge in [-0.1, -0.05) is 17.8 Å². The van der Waals surface area contributed by atoms with E-state index in [1.807, 2.05) is 25.5 Å². The Hall–Kier alpha value is -1.67. The lowest BCUT2D eigenvalue weighted by Gasteiger charge is -2.15. The van der Waals surface area contributed by atoms with Crippen LogP contribution in [0.25, 0.3) is 0 Å². The summed E-state index contributed by atoms with van der Waals surface area (Å²) in [6.45, 7) is 7.67. The molecule has 0 bridgehead atoms. The summed E-state index contributed by atoms with van der Waals surface area (Å²) in [5, 5.41) is 9.40. The Morgan fingerprint density at radius 1 is 1.25 bits per heavy atom. The number of ketones is 1. The first-order chi connectivity index (χ1) is 13.1. The minimum atomic E-state index is -2.88. The number of thioether (sulfide) groups is 1. The zero-order valence-electron chi connectivity index (χ0n) is 17.1. The first kappa shape index (κ1) is 21.0. The van der Waals surface area contributed by atoms with Crippen molar-refractivity contribution in [2.45, 2.75) is 51.4 Å². The van der Waals surface area contributed by atoms with Gasteiger partial charge >= 0.3 is 0 Å². The van der Waals surface area contributed by atoms with Crippen molar-refractivity contribution in [1.29, 1.82) is 0 Å². The average molecular weight is 422 g/mol. The van der Waals surface area contributed by atoms with Crippen molar-refractivity contribution < 1.29 is 13.2 Å². The fraction of sp³-hybridized carbons (Fsp3) is 0.550. The van der Waals surface area contributed by atoms with Gasteiger partial charge < -0.3 is 4.57 Å². The summed E-state index contributed by atoms with van der Waals surface area (Å²) in [7, 11) is -0.955. The fourth-order valence-corrected chi connectivity index (χ4v) is 7.04. The molecule has 1 aromatic heterocycles. The van der Waals surface area contributed by atoms with Crippen molar-refractivity contribution in [3.63, 3.8) is 0 Å². The molecule has 0 radical (unpaired) electrons. The zero-order chi connectivity index (χ0) is 20.6. The van der Waals surface area contributed by atoms with Gasteiger partial charge in [-0.05, 0) is 62.3 Å². The standard InChI is InChI=1S/C20H27N3O3S2/c1-12-8-13(2)19(15(4)24)14(3)17(12)10-27-20-22-21-18(23(20)5)9-16-6-7-28(25,26)11-16/h8,16H,6-7,9-11H2,1-5H3. The van der Waals surface area contributed by atoms with E-state index in [2.05, 4.69) is 23.2 Å². The van der Waals surface area contributed by atoms with Crippen molar-refractivity contribution in [2.24, 2.45) is 13.0 Å². The van der Waals surface area contributed by atoms with Crippen molar-refractivity contribution in [1.82, 2.24) is 14.8 Å². The third-order valence-electron chi connectivity index (χ3n) is 5.55. The van der Waals surface area contributed by atoms with Crippen LogP contribution in [0.3, 0.4) is 0 Å². The molecule has 3 rings (SSSR count). The molecule has 152 valence electrons. The first-order valence-corrected chi connectivity index (χ1v) is 12.2. The molecule has 0 N–H and O–H groups in total. The molecule has 0 aliphatic carbocycles. The lowest BCUT2D eigenvalue weighted by atomic mass is 9.92. The van der Waals surface area contributed by atoms with Gasteiger partial charge in [-0.25, -0.2) is 8.42 Å². The van der Waals surface area contributed by atoms with E-state index in [0.29, 0.717) is 18.6 Å². The Labute approximate surface area is 171 Å². The van der Waals surface area contributed by atoms with Gasteiger partial charge in [0.15, 0.2) is 20.8 Å². The minimum Gasteiger partial charge on any atom is -0.309 e. The van der Waals surface area contributed by atoms with E-state index in [9.17, 15) is 13.2 Å². The van der Waals surface area contributed by atoms with Gasteiger partial charge in [0, 0.05) is 24.8 Å². The summed E-state index contributed by atoms with van der Waals surface area (Å²) in [4.78, 5) is 12.0. The highest BCUT2D eigenvalue weighted by atomic mass is 32.2. The lowest BCUT2D eigenvalue weighted by Crippen LogP contribution is -2.11. The average Bonchev–Trinajstić information content (AvgIpc) is 3.09. The molecule has 8 heteroatoms. The number of aromatic nitrogens is 3. The van der Waals surface area contributed by atoms with Gasteiger partial charge in [0.2, 0.25) is 0 Å².